The van der Waals surface area contributed by atoms with Gasteiger partial charge in [-0.1, -0.05) is 0 Å². The first-order valence-electron chi connectivity index (χ1n) is 5.34. The molecule has 0 amide bonds. The molecule has 1 unspecified atom stereocenters. The van der Waals surface area contributed by atoms with Crippen LogP contribution < -0.4 is 0 Å². The van der Waals surface area contributed by atoms with Crippen LogP contribution in [0.5, 0.6) is 0 Å². The summed E-state index contributed by atoms with van der Waals surface area (Å²) in [6.45, 7) is 0. The minimum atomic E-state index is -8.51. The fraction of sp³-hybridized carbons (Fsp3) is 0.875. The maximum atomic E-state index is 13.7. The third-order valence-corrected chi connectivity index (χ3v) is 2.59. The zero-order valence-corrected chi connectivity index (χ0v) is 11.3. The van der Waals surface area contributed by atoms with Crippen molar-refractivity contribution in [1.82, 2.24) is 4.90 Å². The molecule has 162 valence electrons. The highest BCUT2D eigenvalue weighted by atomic mass is 19.4. The molecule has 0 rings (SSSR count). The summed E-state index contributed by atoms with van der Waals surface area (Å²) < 4.78 is 213. The van der Waals surface area contributed by atoms with E-state index in [1.807, 2.05) is 0 Å². The minimum absolute atomic E-state index is 4.98. The van der Waals surface area contributed by atoms with Gasteiger partial charge in [-0.05, 0) is 0 Å². The van der Waals surface area contributed by atoms with Gasteiger partial charge in [-0.25, -0.2) is 4.39 Å². The molecule has 0 fully saturated rings. The number of hydrogen-bond donors (Lipinski definition) is 0. The monoisotopic (exact) mass is 449 g/mol. The molecule has 0 aromatic carbocycles. The first kappa shape index (κ1) is 25.4. The van der Waals surface area contributed by atoms with E-state index in [0.29, 0.717) is 0 Å². The smallest absolute Gasteiger partial charge is 0.254 e. The predicted molar refractivity (Wildman–Crippen MR) is 44.8 cm³/mol. The average molecular weight is 449 g/mol. The van der Waals surface area contributed by atoms with Gasteiger partial charge in [0.25, 0.3) is 0 Å². The normalized spacial score (nSPS) is 17.9. The molecule has 1 atom stereocenters. The molecule has 0 aliphatic heterocycles. The van der Waals surface area contributed by atoms with Crippen molar-refractivity contribution >= 4 is 6.04 Å². The first-order valence-corrected chi connectivity index (χ1v) is 5.34. The zero-order valence-electron chi connectivity index (χ0n) is 11.3. The molecular formula is C8F17NO. The summed E-state index contributed by atoms with van der Waals surface area (Å²) in [6.07, 6.45) is -24.2. The summed E-state index contributed by atoms with van der Waals surface area (Å²) in [5, 5.41) is 0. The van der Waals surface area contributed by atoms with Crippen LogP contribution in [0.25, 0.3) is 0 Å². The van der Waals surface area contributed by atoms with Crippen molar-refractivity contribution in [2.24, 2.45) is 0 Å². The molecule has 0 N–H and O–H groups in total. The van der Waals surface area contributed by atoms with E-state index in [0.717, 1.165) is 0 Å². The topological polar surface area (TPSA) is 20.3 Å². The van der Waals surface area contributed by atoms with Crippen LogP contribution in [0.3, 0.4) is 0 Å². The Labute approximate surface area is 134 Å². The quantitative estimate of drug-likeness (QED) is 0.336. The minimum Gasteiger partial charge on any atom is -0.254 e. The highest BCUT2D eigenvalue weighted by Gasteiger charge is 2.90. The van der Waals surface area contributed by atoms with Gasteiger partial charge in [-0.15, -0.1) is 4.90 Å². The molecule has 0 radical (unpaired) electrons. The summed E-state index contributed by atoms with van der Waals surface area (Å²) in [6, 6.07) is -21.8. The van der Waals surface area contributed by atoms with Gasteiger partial charge in [0.05, 0.1) is 0 Å². The van der Waals surface area contributed by atoms with Crippen LogP contribution in [-0.2, 0) is 4.79 Å². The van der Waals surface area contributed by atoms with Crippen molar-refractivity contribution in [2.75, 3.05) is 0 Å². The summed E-state index contributed by atoms with van der Waals surface area (Å²) >= 11 is 0. The molecule has 0 saturated heterocycles. The van der Waals surface area contributed by atoms with Gasteiger partial charge in [0, 0.05) is 0 Å². The van der Waals surface area contributed by atoms with Crippen LogP contribution in [0.4, 0.5) is 74.6 Å². The van der Waals surface area contributed by atoms with Crippen molar-refractivity contribution in [3.05, 3.63) is 0 Å². The number of hydrogen-bond acceptors (Lipinski definition) is 2. The number of alkyl halides is 16. The fourth-order valence-corrected chi connectivity index (χ4v) is 1.39. The van der Waals surface area contributed by atoms with E-state index in [1.165, 1.54) is 0 Å². The van der Waals surface area contributed by atoms with E-state index in [9.17, 15) is 79.4 Å². The zero-order chi connectivity index (χ0) is 22.7. The third kappa shape index (κ3) is 3.60. The molecule has 2 nitrogen and oxygen atoms in total. The van der Waals surface area contributed by atoms with Gasteiger partial charge >= 0.3 is 48.4 Å². The van der Waals surface area contributed by atoms with Crippen LogP contribution in [0.15, 0.2) is 0 Å². The SMILES string of the molecule is O=C(F)C(F)(F)C(F)(N(C(F)(F)C(F)(F)F)C(F)(F)C(F)(F)F)C(F)(F)F. The molecule has 0 spiro atoms. The van der Waals surface area contributed by atoms with Gasteiger partial charge < -0.3 is 0 Å². The van der Waals surface area contributed by atoms with Gasteiger partial charge in [0.15, 0.2) is 0 Å². The second kappa shape index (κ2) is 6.23. The number of carbonyl (C=O) groups excluding carboxylic acids is 1. The summed E-state index contributed by atoms with van der Waals surface area (Å²) in [7, 11) is 0. The van der Waals surface area contributed by atoms with E-state index < -0.39 is 53.3 Å². The molecule has 0 aliphatic carbocycles. The van der Waals surface area contributed by atoms with E-state index in [1.54, 1.807) is 0 Å². The van der Waals surface area contributed by atoms with Crippen LogP contribution in [0.2, 0.25) is 0 Å². The Bertz CT molecular complexity index is 543. The Balaban J connectivity index is 7.45. The number of carbonyl (C=O) groups is 1. The van der Waals surface area contributed by atoms with Gasteiger partial charge in [-0.3, -0.25) is 4.79 Å². The van der Waals surface area contributed by atoms with Gasteiger partial charge in [0.2, 0.25) is 0 Å². The first-order chi connectivity index (χ1) is 11.3. The van der Waals surface area contributed by atoms with Crippen molar-refractivity contribution < 1.29 is 79.4 Å². The molecule has 0 aromatic heterocycles. The van der Waals surface area contributed by atoms with Crippen molar-refractivity contribution in [2.45, 2.75) is 42.3 Å². The number of nitrogens with zero attached hydrogens (tertiary/aromatic N) is 1. The molecule has 27 heavy (non-hydrogen) atoms. The van der Waals surface area contributed by atoms with E-state index in [2.05, 4.69) is 0 Å². The third-order valence-electron chi connectivity index (χ3n) is 2.59. The van der Waals surface area contributed by atoms with E-state index >= 15 is 0 Å². The molecular weight excluding hydrogens is 449 g/mol. The summed E-state index contributed by atoms with van der Waals surface area (Å²) in [5.74, 6) is -16.4. The van der Waals surface area contributed by atoms with Gasteiger partial charge in [-0.2, -0.15) is 70.2 Å². The Kier molecular flexibility index (Phi) is 5.87. The van der Waals surface area contributed by atoms with Crippen LogP contribution in [0.1, 0.15) is 0 Å². The Hall–Kier alpha value is -1.56. The lowest BCUT2D eigenvalue weighted by Crippen LogP contribution is -2.79. The average Bonchev–Trinajstić information content (AvgIpc) is 2.33. The lowest BCUT2D eigenvalue weighted by molar-refractivity contribution is -0.502. The largest absolute Gasteiger partial charge is 0.469 e. The molecule has 0 aliphatic rings. The van der Waals surface area contributed by atoms with Gasteiger partial charge in [0.1, 0.15) is 0 Å². The fourth-order valence-electron chi connectivity index (χ4n) is 1.39. The molecule has 0 aromatic rings. The van der Waals surface area contributed by atoms with Crippen molar-refractivity contribution in [3.8, 4) is 0 Å². The Morgan fingerprint density at radius 3 is 0.926 bits per heavy atom. The molecule has 0 heterocycles. The molecule has 0 saturated carbocycles. The highest BCUT2D eigenvalue weighted by molar-refractivity contribution is 5.78. The lowest BCUT2D eigenvalue weighted by atomic mass is 10.0. The number of halogens is 17. The molecule has 0 bridgehead atoms. The standard InChI is InChI=1S/C8F17NO/c9-1(27)2(10,11)3(12,4(13,14)15)26(7(22,23)5(16,17)18)8(24,25)6(19,20)21. The summed E-state index contributed by atoms with van der Waals surface area (Å²) in [5.41, 5.74) is 0. The molecule has 19 heteroatoms. The second-order valence-corrected chi connectivity index (χ2v) is 4.38. The maximum Gasteiger partial charge on any atom is 0.469 e. The van der Waals surface area contributed by atoms with E-state index in [-0.39, 0.29) is 0 Å². The highest BCUT2D eigenvalue weighted by Crippen LogP contribution is 2.59. The van der Waals surface area contributed by atoms with Crippen LogP contribution in [-0.4, -0.2) is 53.3 Å². The van der Waals surface area contributed by atoms with Crippen molar-refractivity contribution in [3.63, 3.8) is 0 Å². The number of rotatable bonds is 5. The predicted octanol–water partition coefficient (Wildman–Crippen LogP) is 4.96. The maximum absolute atomic E-state index is 13.7. The summed E-state index contributed by atoms with van der Waals surface area (Å²) in [4.78, 5) is 4.80. The van der Waals surface area contributed by atoms with Crippen molar-refractivity contribution in [1.29, 1.82) is 0 Å². The van der Waals surface area contributed by atoms with Crippen LogP contribution >= 0.6 is 0 Å². The Morgan fingerprint density at radius 2 is 0.778 bits per heavy atom. The lowest BCUT2D eigenvalue weighted by Gasteiger charge is -2.47. The Morgan fingerprint density at radius 1 is 0.519 bits per heavy atom. The second-order valence-electron chi connectivity index (χ2n) is 4.38. The van der Waals surface area contributed by atoms with Crippen LogP contribution in [0, 0.1) is 0 Å². The van der Waals surface area contributed by atoms with E-state index in [4.69, 9.17) is 0 Å².